The molecule has 5 N–H and O–H groups in total. The molecule has 0 amide bonds. The Morgan fingerprint density at radius 3 is 2.68 bits per heavy atom. The lowest BCUT2D eigenvalue weighted by atomic mass is 10.1. The third-order valence-electron chi connectivity index (χ3n) is 4.95. The summed E-state index contributed by atoms with van der Waals surface area (Å²) < 4.78 is 7.04. The van der Waals surface area contributed by atoms with Crippen LogP contribution in [-0.2, 0) is 4.74 Å². The monoisotopic (exact) mass is 351 g/mol. The second kappa shape index (κ2) is 6.46. The van der Waals surface area contributed by atoms with E-state index in [4.69, 9.17) is 4.74 Å². The normalized spacial score (nSPS) is 35.5. The van der Waals surface area contributed by atoms with Crippen LogP contribution in [0.4, 0.5) is 5.82 Å². The van der Waals surface area contributed by atoms with Gasteiger partial charge in [-0.25, -0.2) is 15.0 Å². The van der Waals surface area contributed by atoms with Gasteiger partial charge in [-0.15, -0.1) is 0 Å². The van der Waals surface area contributed by atoms with Gasteiger partial charge >= 0.3 is 0 Å². The Morgan fingerprint density at radius 1 is 1.16 bits per heavy atom. The van der Waals surface area contributed by atoms with E-state index in [-0.39, 0.29) is 6.04 Å². The summed E-state index contributed by atoms with van der Waals surface area (Å²) in [5, 5.41) is 42.6. The largest absolute Gasteiger partial charge is 0.394 e. The first-order valence-corrected chi connectivity index (χ1v) is 8.34. The molecule has 2 aromatic heterocycles. The van der Waals surface area contributed by atoms with E-state index in [2.05, 4.69) is 20.3 Å². The molecule has 0 spiro atoms. The molecule has 0 unspecified atom stereocenters. The zero-order chi connectivity index (χ0) is 17.6. The van der Waals surface area contributed by atoms with E-state index < -0.39 is 37.3 Å². The number of imidazole rings is 1. The third kappa shape index (κ3) is 2.75. The summed E-state index contributed by atoms with van der Waals surface area (Å²) in [5.41, 5.74) is 0.916. The number of nitrogens with zero attached hydrogens (tertiary/aromatic N) is 4. The van der Waals surface area contributed by atoms with Crippen LogP contribution in [0.1, 0.15) is 25.5 Å². The third-order valence-corrected chi connectivity index (χ3v) is 4.95. The van der Waals surface area contributed by atoms with Gasteiger partial charge in [-0.3, -0.25) is 4.57 Å². The standard InChI is InChI=1S/C15H21N5O5/c21-4-9-11(23)12(24)15(25-9)20-6-18-10-13(16-5-17-14(10)20)19-7-2-1-3-8(7)22/h5-9,11-12,15,21-24H,1-4H2,(H,16,17,19)/t7-,8-,9+,11+,12+,15-/m0/s1. The lowest BCUT2D eigenvalue weighted by molar-refractivity contribution is -0.0511. The maximum Gasteiger partial charge on any atom is 0.167 e. The van der Waals surface area contributed by atoms with Crippen LogP contribution in [0.15, 0.2) is 12.7 Å². The Balaban J connectivity index is 1.65. The molecule has 136 valence electrons. The molecule has 1 saturated heterocycles. The van der Waals surface area contributed by atoms with Gasteiger partial charge in [0.15, 0.2) is 23.2 Å². The molecule has 2 aliphatic rings. The number of aromatic nitrogens is 4. The predicted molar refractivity (Wildman–Crippen MR) is 85.6 cm³/mol. The number of aliphatic hydroxyl groups is 4. The van der Waals surface area contributed by atoms with Crippen LogP contribution in [0.5, 0.6) is 0 Å². The number of aliphatic hydroxyl groups excluding tert-OH is 4. The van der Waals surface area contributed by atoms with Gasteiger partial charge in [0.2, 0.25) is 0 Å². The summed E-state index contributed by atoms with van der Waals surface area (Å²) in [7, 11) is 0. The molecule has 0 bridgehead atoms. The highest BCUT2D eigenvalue weighted by Gasteiger charge is 2.44. The minimum Gasteiger partial charge on any atom is -0.394 e. The van der Waals surface area contributed by atoms with Gasteiger partial charge in [0.1, 0.15) is 24.6 Å². The fourth-order valence-corrected chi connectivity index (χ4v) is 3.54. The first-order chi connectivity index (χ1) is 12.1. The molecule has 2 aromatic rings. The van der Waals surface area contributed by atoms with Gasteiger partial charge < -0.3 is 30.5 Å². The molecular formula is C15H21N5O5. The SMILES string of the molecule is OC[C@H]1O[C@H](n2cnc3c(N[C@H]4CCC[C@@H]4O)ncnc32)[C@H](O)[C@@H]1O. The maximum absolute atomic E-state index is 10.2. The van der Waals surface area contributed by atoms with Gasteiger partial charge in [0.25, 0.3) is 0 Å². The molecule has 25 heavy (non-hydrogen) atoms. The number of anilines is 1. The topological polar surface area (TPSA) is 146 Å². The van der Waals surface area contributed by atoms with E-state index >= 15 is 0 Å². The molecule has 10 heteroatoms. The van der Waals surface area contributed by atoms with E-state index in [1.165, 1.54) is 17.2 Å². The van der Waals surface area contributed by atoms with Crippen LogP contribution in [0.2, 0.25) is 0 Å². The minimum absolute atomic E-state index is 0.0860. The van der Waals surface area contributed by atoms with Crippen molar-refractivity contribution in [3.05, 3.63) is 12.7 Å². The molecule has 2 fully saturated rings. The molecule has 0 aromatic carbocycles. The van der Waals surface area contributed by atoms with Crippen LogP contribution in [0, 0.1) is 0 Å². The second-order valence-electron chi connectivity index (χ2n) is 6.52. The van der Waals surface area contributed by atoms with Crippen molar-refractivity contribution in [2.45, 2.75) is 55.9 Å². The van der Waals surface area contributed by atoms with Crippen LogP contribution in [-0.4, -0.2) is 77.0 Å². The van der Waals surface area contributed by atoms with Crippen LogP contribution >= 0.6 is 0 Å². The lowest BCUT2D eigenvalue weighted by Crippen LogP contribution is -2.33. The van der Waals surface area contributed by atoms with Crippen molar-refractivity contribution < 1.29 is 25.2 Å². The number of hydrogen-bond donors (Lipinski definition) is 5. The highest BCUT2D eigenvalue weighted by Crippen LogP contribution is 2.32. The molecule has 3 heterocycles. The molecule has 0 radical (unpaired) electrons. The Hall–Kier alpha value is -1.85. The van der Waals surface area contributed by atoms with Crippen molar-refractivity contribution in [3.8, 4) is 0 Å². The average Bonchev–Trinajstić information content (AvgIpc) is 3.29. The summed E-state index contributed by atoms with van der Waals surface area (Å²) in [6.07, 6.45) is 0.768. The first-order valence-electron chi connectivity index (χ1n) is 8.34. The van der Waals surface area contributed by atoms with Crippen LogP contribution < -0.4 is 5.32 Å². The minimum atomic E-state index is -1.21. The highest BCUT2D eigenvalue weighted by atomic mass is 16.6. The Bertz CT molecular complexity index is 755. The summed E-state index contributed by atoms with van der Waals surface area (Å²) in [4.78, 5) is 12.7. The fraction of sp³-hybridized carbons (Fsp3) is 0.667. The average molecular weight is 351 g/mol. The van der Waals surface area contributed by atoms with E-state index in [0.29, 0.717) is 17.0 Å². The van der Waals surface area contributed by atoms with Crippen LogP contribution in [0.3, 0.4) is 0 Å². The van der Waals surface area contributed by atoms with E-state index in [9.17, 15) is 20.4 Å². The Labute approximate surface area is 143 Å². The van der Waals surface area contributed by atoms with Gasteiger partial charge in [-0.1, -0.05) is 0 Å². The number of hydrogen-bond acceptors (Lipinski definition) is 9. The first kappa shape index (κ1) is 16.6. The molecule has 1 saturated carbocycles. The summed E-state index contributed by atoms with van der Waals surface area (Å²) in [6, 6.07) is -0.0860. The maximum atomic E-state index is 10.2. The molecule has 1 aliphatic heterocycles. The van der Waals surface area contributed by atoms with Gasteiger partial charge in [0.05, 0.1) is 25.1 Å². The number of ether oxygens (including phenoxy) is 1. The second-order valence-corrected chi connectivity index (χ2v) is 6.52. The van der Waals surface area contributed by atoms with Crippen molar-refractivity contribution in [2.75, 3.05) is 11.9 Å². The Kier molecular flexibility index (Phi) is 4.29. The summed E-state index contributed by atoms with van der Waals surface area (Å²) in [6.45, 7) is -0.400. The number of rotatable bonds is 4. The summed E-state index contributed by atoms with van der Waals surface area (Å²) in [5.74, 6) is 0.501. The van der Waals surface area contributed by atoms with Gasteiger partial charge in [0, 0.05) is 0 Å². The van der Waals surface area contributed by atoms with Crippen molar-refractivity contribution >= 4 is 17.0 Å². The molecule has 10 nitrogen and oxygen atoms in total. The van der Waals surface area contributed by atoms with E-state index in [1.54, 1.807) is 0 Å². The number of nitrogens with one attached hydrogen (secondary N) is 1. The van der Waals surface area contributed by atoms with Crippen LogP contribution in [0.25, 0.3) is 11.2 Å². The van der Waals surface area contributed by atoms with Crippen molar-refractivity contribution in [1.29, 1.82) is 0 Å². The Morgan fingerprint density at radius 2 is 2.00 bits per heavy atom. The number of fused-ring (bicyclic) bond motifs is 1. The predicted octanol–water partition coefficient (Wildman–Crippen LogP) is -1.24. The van der Waals surface area contributed by atoms with Crippen molar-refractivity contribution in [1.82, 2.24) is 19.5 Å². The summed E-state index contributed by atoms with van der Waals surface area (Å²) >= 11 is 0. The molecule has 6 atom stereocenters. The zero-order valence-electron chi connectivity index (χ0n) is 13.4. The fourth-order valence-electron chi connectivity index (χ4n) is 3.54. The van der Waals surface area contributed by atoms with E-state index in [1.807, 2.05) is 0 Å². The van der Waals surface area contributed by atoms with Crippen molar-refractivity contribution in [3.63, 3.8) is 0 Å². The van der Waals surface area contributed by atoms with Gasteiger partial charge in [-0.2, -0.15) is 0 Å². The zero-order valence-corrected chi connectivity index (χ0v) is 13.4. The van der Waals surface area contributed by atoms with E-state index in [0.717, 1.165) is 19.3 Å². The van der Waals surface area contributed by atoms with Crippen molar-refractivity contribution in [2.24, 2.45) is 0 Å². The quantitative estimate of drug-likeness (QED) is 0.456. The highest BCUT2D eigenvalue weighted by molar-refractivity contribution is 5.82. The molecular weight excluding hydrogens is 330 g/mol. The lowest BCUT2D eigenvalue weighted by Gasteiger charge is -2.18. The smallest absolute Gasteiger partial charge is 0.167 e. The molecule has 4 rings (SSSR count). The van der Waals surface area contributed by atoms with Gasteiger partial charge in [-0.05, 0) is 19.3 Å². The molecule has 1 aliphatic carbocycles.